The molecule has 1 rings (SSSR count). The number of amides is 1. The van der Waals surface area contributed by atoms with E-state index in [9.17, 15) is 14.4 Å². The van der Waals surface area contributed by atoms with Crippen LogP contribution in [0.2, 0.25) is 0 Å². The standard InChI is InChI=1S/C13H11NO5/c15-11(5-7-13(18)19)14-10-3-1-2-9(8-10)4-6-12(16)17/h1-8H,(H,14,15)(H,16,17)(H,18,19)/b6-4?,7-5-. The highest BCUT2D eigenvalue weighted by Gasteiger charge is 1.99. The van der Waals surface area contributed by atoms with E-state index in [1.54, 1.807) is 24.3 Å². The van der Waals surface area contributed by atoms with E-state index in [-0.39, 0.29) is 0 Å². The first-order chi connectivity index (χ1) is 8.97. The molecule has 0 spiro atoms. The number of nitrogens with one attached hydrogen (secondary N) is 1. The summed E-state index contributed by atoms with van der Waals surface area (Å²) in [6.45, 7) is 0. The Morgan fingerprint density at radius 2 is 1.68 bits per heavy atom. The minimum Gasteiger partial charge on any atom is -0.478 e. The zero-order chi connectivity index (χ0) is 14.3. The second-order valence-electron chi connectivity index (χ2n) is 3.46. The van der Waals surface area contributed by atoms with Crippen LogP contribution in [0.5, 0.6) is 0 Å². The molecule has 1 aromatic carbocycles. The number of rotatable bonds is 5. The van der Waals surface area contributed by atoms with Crippen molar-refractivity contribution in [2.75, 3.05) is 5.32 Å². The molecular formula is C13H11NO5. The number of carboxylic acids is 2. The number of hydrogen-bond acceptors (Lipinski definition) is 3. The van der Waals surface area contributed by atoms with Gasteiger partial charge in [0.1, 0.15) is 0 Å². The SMILES string of the molecule is O=C(O)C=Cc1cccc(NC(=O)/C=C\C(=O)O)c1. The Morgan fingerprint density at radius 3 is 2.32 bits per heavy atom. The lowest BCUT2D eigenvalue weighted by Crippen LogP contribution is -2.08. The number of hydrogen-bond donors (Lipinski definition) is 3. The first kappa shape index (κ1) is 14.2. The van der Waals surface area contributed by atoms with Gasteiger partial charge < -0.3 is 15.5 Å². The van der Waals surface area contributed by atoms with E-state index in [1.165, 1.54) is 6.08 Å². The van der Waals surface area contributed by atoms with Crippen LogP contribution in [0.3, 0.4) is 0 Å². The molecule has 0 saturated heterocycles. The predicted octanol–water partition coefficient (Wildman–Crippen LogP) is 1.36. The average molecular weight is 261 g/mol. The highest BCUT2D eigenvalue weighted by atomic mass is 16.4. The smallest absolute Gasteiger partial charge is 0.328 e. The maximum atomic E-state index is 11.3. The Kier molecular flexibility index (Phi) is 5.04. The van der Waals surface area contributed by atoms with Crippen LogP contribution in [0, 0.1) is 0 Å². The number of carbonyl (C=O) groups excluding carboxylic acids is 1. The van der Waals surface area contributed by atoms with Crippen LogP contribution in [0.1, 0.15) is 5.56 Å². The summed E-state index contributed by atoms with van der Waals surface area (Å²) in [6, 6.07) is 6.47. The fourth-order valence-corrected chi connectivity index (χ4v) is 1.22. The van der Waals surface area contributed by atoms with Crippen molar-refractivity contribution in [3.05, 3.63) is 48.1 Å². The van der Waals surface area contributed by atoms with Gasteiger partial charge in [-0.15, -0.1) is 0 Å². The fourth-order valence-electron chi connectivity index (χ4n) is 1.22. The van der Waals surface area contributed by atoms with Gasteiger partial charge in [-0.3, -0.25) is 4.79 Å². The molecule has 0 bridgehead atoms. The zero-order valence-corrected chi connectivity index (χ0v) is 9.74. The largest absolute Gasteiger partial charge is 0.478 e. The maximum absolute atomic E-state index is 11.3. The van der Waals surface area contributed by atoms with E-state index in [0.29, 0.717) is 11.3 Å². The van der Waals surface area contributed by atoms with E-state index >= 15 is 0 Å². The average Bonchev–Trinajstić information content (AvgIpc) is 2.34. The first-order valence-electron chi connectivity index (χ1n) is 5.20. The molecule has 6 heteroatoms. The maximum Gasteiger partial charge on any atom is 0.328 e. The summed E-state index contributed by atoms with van der Waals surface area (Å²) < 4.78 is 0. The van der Waals surface area contributed by atoms with Crippen molar-refractivity contribution in [1.82, 2.24) is 0 Å². The van der Waals surface area contributed by atoms with E-state index in [0.717, 1.165) is 18.2 Å². The van der Waals surface area contributed by atoms with Gasteiger partial charge >= 0.3 is 11.9 Å². The minimum absolute atomic E-state index is 0.438. The Labute approximate surface area is 108 Å². The lowest BCUT2D eigenvalue weighted by Gasteiger charge is -2.02. The minimum atomic E-state index is -1.21. The molecule has 1 amide bonds. The predicted molar refractivity (Wildman–Crippen MR) is 68.5 cm³/mol. The summed E-state index contributed by atoms with van der Waals surface area (Å²) in [5.74, 6) is -2.87. The van der Waals surface area contributed by atoms with Gasteiger partial charge in [-0.25, -0.2) is 9.59 Å². The third-order valence-corrected chi connectivity index (χ3v) is 1.95. The lowest BCUT2D eigenvalue weighted by atomic mass is 10.2. The number of carbonyl (C=O) groups is 3. The number of carboxylic acid groups (broad SMARTS) is 2. The molecule has 0 heterocycles. The van der Waals surface area contributed by atoms with Gasteiger partial charge in [0.25, 0.3) is 0 Å². The van der Waals surface area contributed by atoms with E-state index in [4.69, 9.17) is 10.2 Å². The van der Waals surface area contributed by atoms with Crippen molar-refractivity contribution in [1.29, 1.82) is 0 Å². The summed E-state index contributed by atoms with van der Waals surface area (Å²) in [5, 5.41) is 19.3. The van der Waals surface area contributed by atoms with Crippen LogP contribution in [-0.2, 0) is 14.4 Å². The third kappa shape index (κ3) is 5.83. The van der Waals surface area contributed by atoms with Gasteiger partial charge in [-0.2, -0.15) is 0 Å². The molecule has 0 aromatic heterocycles. The van der Waals surface area contributed by atoms with Crippen molar-refractivity contribution in [2.45, 2.75) is 0 Å². The van der Waals surface area contributed by atoms with E-state index < -0.39 is 17.8 Å². The molecule has 3 N–H and O–H groups in total. The van der Waals surface area contributed by atoms with Gasteiger partial charge in [0.05, 0.1) is 0 Å². The van der Waals surface area contributed by atoms with Crippen LogP contribution in [-0.4, -0.2) is 28.1 Å². The summed E-state index contributed by atoms with van der Waals surface area (Å²) in [5.41, 5.74) is 1.04. The number of benzene rings is 1. The zero-order valence-electron chi connectivity index (χ0n) is 9.74. The molecule has 19 heavy (non-hydrogen) atoms. The van der Waals surface area contributed by atoms with Crippen LogP contribution in [0.4, 0.5) is 5.69 Å². The monoisotopic (exact) mass is 261 g/mol. The third-order valence-electron chi connectivity index (χ3n) is 1.95. The summed E-state index contributed by atoms with van der Waals surface area (Å²) in [4.78, 5) is 31.9. The van der Waals surface area contributed by atoms with Gasteiger partial charge in [-0.05, 0) is 23.8 Å². The molecule has 98 valence electrons. The van der Waals surface area contributed by atoms with Gasteiger partial charge in [-0.1, -0.05) is 12.1 Å². The van der Waals surface area contributed by atoms with Crippen LogP contribution in [0.15, 0.2) is 42.5 Å². The van der Waals surface area contributed by atoms with Crippen molar-refractivity contribution in [3.8, 4) is 0 Å². The Bertz CT molecular complexity index is 560. The molecule has 0 atom stereocenters. The van der Waals surface area contributed by atoms with E-state index in [1.807, 2.05) is 0 Å². The highest BCUT2D eigenvalue weighted by Crippen LogP contribution is 2.12. The van der Waals surface area contributed by atoms with Crippen molar-refractivity contribution < 1.29 is 24.6 Å². The summed E-state index contributed by atoms with van der Waals surface area (Å²) in [7, 11) is 0. The first-order valence-corrected chi connectivity index (χ1v) is 5.20. The molecule has 0 aliphatic heterocycles. The van der Waals surface area contributed by atoms with Gasteiger partial charge in [0.15, 0.2) is 0 Å². The quantitative estimate of drug-likeness (QED) is 0.694. The van der Waals surface area contributed by atoms with E-state index in [2.05, 4.69) is 5.32 Å². The van der Waals surface area contributed by atoms with Crippen LogP contribution < -0.4 is 5.32 Å². The lowest BCUT2D eigenvalue weighted by molar-refractivity contribution is -0.132. The normalized spacial score (nSPS) is 10.7. The van der Waals surface area contributed by atoms with Gasteiger partial charge in [0, 0.05) is 23.9 Å². The molecule has 0 saturated carbocycles. The Hall–Kier alpha value is -2.89. The molecule has 0 radical (unpaired) electrons. The Morgan fingerprint density at radius 1 is 1.00 bits per heavy atom. The summed E-state index contributed by atoms with van der Waals surface area (Å²) >= 11 is 0. The Balaban J connectivity index is 2.74. The number of aliphatic carboxylic acids is 2. The molecular weight excluding hydrogens is 250 g/mol. The molecule has 0 aliphatic carbocycles. The number of anilines is 1. The molecule has 0 fully saturated rings. The van der Waals surface area contributed by atoms with Crippen molar-refractivity contribution in [3.63, 3.8) is 0 Å². The molecule has 0 unspecified atom stereocenters. The highest BCUT2D eigenvalue weighted by molar-refractivity contribution is 6.02. The second-order valence-corrected chi connectivity index (χ2v) is 3.46. The topological polar surface area (TPSA) is 104 Å². The van der Waals surface area contributed by atoms with Crippen molar-refractivity contribution >= 4 is 29.6 Å². The fraction of sp³-hybridized carbons (Fsp3) is 0. The van der Waals surface area contributed by atoms with Crippen molar-refractivity contribution in [2.24, 2.45) is 0 Å². The van der Waals surface area contributed by atoms with Crippen LogP contribution in [0.25, 0.3) is 6.08 Å². The van der Waals surface area contributed by atoms with Crippen LogP contribution >= 0.6 is 0 Å². The molecule has 0 aliphatic rings. The second kappa shape index (κ2) is 6.75. The molecule has 6 nitrogen and oxygen atoms in total. The molecule has 1 aromatic rings. The van der Waals surface area contributed by atoms with Gasteiger partial charge in [0.2, 0.25) is 5.91 Å². The summed E-state index contributed by atoms with van der Waals surface area (Å²) in [6.07, 6.45) is 3.97.